The fourth-order valence-corrected chi connectivity index (χ4v) is 3.27. The van der Waals surface area contributed by atoms with Crippen LogP contribution in [0.2, 0.25) is 0 Å². The molecule has 0 radical (unpaired) electrons. The predicted molar refractivity (Wildman–Crippen MR) is 107 cm³/mol. The van der Waals surface area contributed by atoms with Crippen LogP contribution in [0.25, 0.3) is 0 Å². The molecule has 10 heteroatoms. The first-order valence-electron chi connectivity index (χ1n) is 9.33. The molecule has 4 rings (SSSR count). The summed E-state index contributed by atoms with van der Waals surface area (Å²) in [4.78, 5) is 23.0. The van der Waals surface area contributed by atoms with E-state index in [1.165, 1.54) is 13.3 Å². The number of nitrogens with one attached hydrogen (secondary N) is 1. The number of para-hydroxylation sites is 2. The van der Waals surface area contributed by atoms with Gasteiger partial charge in [0.15, 0.2) is 11.5 Å². The van der Waals surface area contributed by atoms with Crippen molar-refractivity contribution in [2.24, 2.45) is 5.10 Å². The number of rotatable bonds is 5. The molecule has 29 heavy (non-hydrogen) atoms. The van der Waals surface area contributed by atoms with Crippen LogP contribution in [0.1, 0.15) is 18.4 Å². The van der Waals surface area contributed by atoms with Crippen molar-refractivity contribution in [2.75, 3.05) is 37.4 Å². The van der Waals surface area contributed by atoms with Gasteiger partial charge in [-0.1, -0.05) is 12.1 Å². The SMILES string of the molecule is COc1nc(N)nc(N2CCCC2)c1/C=N/NC(=O)C1COc2ccccc2O1. The van der Waals surface area contributed by atoms with Crippen LogP contribution in [-0.2, 0) is 4.79 Å². The second kappa shape index (κ2) is 8.21. The van der Waals surface area contributed by atoms with Gasteiger partial charge in [-0.05, 0) is 25.0 Å². The monoisotopic (exact) mass is 398 g/mol. The van der Waals surface area contributed by atoms with Gasteiger partial charge in [0.05, 0.1) is 18.9 Å². The average molecular weight is 398 g/mol. The Labute approximate surface area is 167 Å². The van der Waals surface area contributed by atoms with Gasteiger partial charge < -0.3 is 24.8 Å². The second-order valence-electron chi connectivity index (χ2n) is 6.62. The highest BCUT2D eigenvalue weighted by Gasteiger charge is 2.27. The normalized spacial score (nSPS) is 18.1. The lowest BCUT2D eigenvalue weighted by atomic mass is 10.2. The predicted octanol–water partition coefficient (Wildman–Crippen LogP) is 0.958. The van der Waals surface area contributed by atoms with Crippen molar-refractivity contribution in [1.82, 2.24) is 15.4 Å². The van der Waals surface area contributed by atoms with Gasteiger partial charge in [-0.2, -0.15) is 15.1 Å². The standard InChI is InChI=1S/C19H22N6O4/c1-27-18-12(16(22-19(20)23-18)25-8-4-5-9-25)10-21-24-17(26)15-11-28-13-6-2-3-7-14(13)29-15/h2-3,6-7,10,15H,4-5,8-9,11H2,1H3,(H,24,26)(H2,20,22,23)/b21-10+. The molecule has 3 N–H and O–H groups in total. The lowest BCUT2D eigenvalue weighted by Crippen LogP contribution is -2.42. The first-order chi connectivity index (χ1) is 14.2. The number of aromatic nitrogens is 2. The molecule has 2 aliphatic heterocycles. The molecule has 2 aliphatic rings. The van der Waals surface area contributed by atoms with Crippen molar-refractivity contribution in [2.45, 2.75) is 18.9 Å². The third-order valence-electron chi connectivity index (χ3n) is 4.68. The van der Waals surface area contributed by atoms with Crippen LogP contribution in [0.15, 0.2) is 29.4 Å². The maximum Gasteiger partial charge on any atom is 0.284 e. The molecule has 1 aromatic carbocycles. The van der Waals surface area contributed by atoms with E-state index in [0.29, 0.717) is 28.8 Å². The first-order valence-corrected chi connectivity index (χ1v) is 9.33. The number of amides is 1. The molecule has 0 spiro atoms. The van der Waals surface area contributed by atoms with Crippen LogP contribution in [-0.4, -0.2) is 55.0 Å². The van der Waals surface area contributed by atoms with E-state index in [-0.39, 0.29) is 12.6 Å². The fourth-order valence-electron chi connectivity index (χ4n) is 3.27. The summed E-state index contributed by atoms with van der Waals surface area (Å²) in [5.41, 5.74) is 8.84. The number of methoxy groups -OCH3 is 1. The minimum atomic E-state index is -0.801. The molecule has 0 aliphatic carbocycles. The summed E-state index contributed by atoms with van der Waals surface area (Å²) in [6.07, 6.45) is 2.80. The van der Waals surface area contributed by atoms with Crippen molar-refractivity contribution in [3.8, 4) is 17.4 Å². The highest BCUT2D eigenvalue weighted by molar-refractivity contribution is 5.91. The number of fused-ring (bicyclic) bond motifs is 1. The molecule has 0 saturated carbocycles. The fraction of sp³-hybridized carbons (Fsp3) is 0.368. The van der Waals surface area contributed by atoms with Gasteiger partial charge in [-0.25, -0.2) is 5.43 Å². The number of nitrogens with zero attached hydrogens (tertiary/aromatic N) is 4. The van der Waals surface area contributed by atoms with Crippen LogP contribution in [0.5, 0.6) is 17.4 Å². The number of hydrogen-bond donors (Lipinski definition) is 2. The summed E-state index contributed by atoms with van der Waals surface area (Å²) in [5.74, 6) is 1.76. The van der Waals surface area contributed by atoms with Gasteiger partial charge in [0.25, 0.3) is 5.91 Å². The smallest absolute Gasteiger partial charge is 0.284 e. The van der Waals surface area contributed by atoms with E-state index < -0.39 is 12.0 Å². The van der Waals surface area contributed by atoms with Crippen LogP contribution in [0.4, 0.5) is 11.8 Å². The third-order valence-corrected chi connectivity index (χ3v) is 4.68. The number of ether oxygens (including phenoxy) is 3. The van der Waals surface area contributed by atoms with E-state index in [0.717, 1.165) is 25.9 Å². The molecule has 0 bridgehead atoms. The molecule has 2 aromatic rings. The Hall–Kier alpha value is -3.56. The third kappa shape index (κ3) is 4.00. The summed E-state index contributed by atoms with van der Waals surface area (Å²) in [5, 5.41) is 4.06. The first kappa shape index (κ1) is 18.8. The molecule has 1 saturated heterocycles. The maximum absolute atomic E-state index is 12.4. The zero-order valence-electron chi connectivity index (χ0n) is 16.0. The molecular weight excluding hydrogens is 376 g/mol. The summed E-state index contributed by atoms with van der Waals surface area (Å²) in [6, 6.07) is 7.19. The lowest BCUT2D eigenvalue weighted by molar-refractivity contribution is -0.130. The number of nitrogen functional groups attached to an aromatic ring is 1. The summed E-state index contributed by atoms with van der Waals surface area (Å²) < 4.78 is 16.6. The molecule has 1 fully saturated rings. The van der Waals surface area contributed by atoms with E-state index in [9.17, 15) is 4.79 Å². The van der Waals surface area contributed by atoms with Gasteiger partial charge >= 0.3 is 0 Å². The summed E-state index contributed by atoms with van der Waals surface area (Å²) in [7, 11) is 1.50. The van der Waals surface area contributed by atoms with E-state index >= 15 is 0 Å². The molecule has 1 aromatic heterocycles. The molecule has 1 unspecified atom stereocenters. The molecule has 10 nitrogen and oxygen atoms in total. The van der Waals surface area contributed by atoms with Crippen LogP contribution in [0, 0.1) is 0 Å². The van der Waals surface area contributed by atoms with Crippen molar-refractivity contribution in [1.29, 1.82) is 0 Å². The van der Waals surface area contributed by atoms with Crippen LogP contribution in [0.3, 0.4) is 0 Å². The zero-order chi connectivity index (χ0) is 20.2. The number of hydrazone groups is 1. The zero-order valence-corrected chi connectivity index (χ0v) is 16.0. The van der Waals surface area contributed by atoms with E-state index in [4.69, 9.17) is 19.9 Å². The average Bonchev–Trinajstić information content (AvgIpc) is 3.28. The number of benzene rings is 1. The van der Waals surface area contributed by atoms with Gasteiger partial charge in [0, 0.05) is 13.1 Å². The Bertz CT molecular complexity index is 929. The van der Waals surface area contributed by atoms with E-state index in [1.807, 2.05) is 12.1 Å². The number of carbonyl (C=O) groups is 1. The quantitative estimate of drug-likeness (QED) is 0.564. The summed E-state index contributed by atoms with van der Waals surface area (Å²) in [6.45, 7) is 1.82. The van der Waals surface area contributed by atoms with Gasteiger partial charge in [0.2, 0.25) is 17.9 Å². The largest absolute Gasteiger partial charge is 0.485 e. The topological polar surface area (TPSA) is 124 Å². The Morgan fingerprint density at radius 3 is 2.83 bits per heavy atom. The lowest BCUT2D eigenvalue weighted by Gasteiger charge is -2.24. The Morgan fingerprint density at radius 1 is 1.31 bits per heavy atom. The van der Waals surface area contributed by atoms with Crippen LogP contribution < -0.4 is 30.3 Å². The minimum absolute atomic E-state index is 0.103. The Balaban J connectivity index is 1.48. The van der Waals surface area contributed by atoms with Crippen molar-refractivity contribution in [3.63, 3.8) is 0 Å². The van der Waals surface area contributed by atoms with Crippen molar-refractivity contribution < 1.29 is 19.0 Å². The van der Waals surface area contributed by atoms with Crippen molar-refractivity contribution >= 4 is 23.9 Å². The summed E-state index contributed by atoms with van der Waals surface area (Å²) >= 11 is 0. The molecular formula is C19H22N6O4. The van der Waals surface area contributed by atoms with E-state index in [2.05, 4.69) is 25.4 Å². The Morgan fingerprint density at radius 2 is 2.07 bits per heavy atom. The molecule has 1 atom stereocenters. The van der Waals surface area contributed by atoms with Gasteiger partial charge in [-0.3, -0.25) is 4.79 Å². The highest BCUT2D eigenvalue weighted by Crippen LogP contribution is 2.31. The van der Waals surface area contributed by atoms with E-state index in [1.54, 1.807) is 12.1 Å². The molecule has 3 heterocycles. The number of nitrogens with two attached hydrogens (primary N) is 1. The van der Waals surface area contributed by atoms with Gasteiger partial charge in [0.1, 0.15) is 12.4 Å². The van der Waals surface area contributed by atoms with Gasteiger partial charge in [-0.15, -0.1) is 0 Å². The number of carbonyl (C=O) groups excluding carboxylic acids is 1. The molecule has 1 amide bonds. The highest BCUT2D eigenvalue weighted by atomic mass is 16.6. The second-order valence-corrected chi connectivity index (χ2v) is 6.62. The minimum Gasteiger partial charge on any atom is -0.485 e. The maximum atomic E-state index is 12.4. The molecule has 152 valence electrons. The Kier molecular flexibility index (Phi) is 5.32. The van der Waals surface area contributed by atoms with Crippen molar-refractivity contribution in [3.05, 3.63) is 29.8 Å². The number of hydrogen-bond acceptors (Lipinski definition) is 9. The van der Waals surface area contributed by atoms with Crippen LogP contribution >= 0.6 is 0 Å². The number of anilines is 2.